The maximum atomic E-state index is 10.7. The molecule has 0 spiro atoms. The summed E-state index contributed by atoms with van der Waals surface area (Å²) in [5.74, 6) is 0.862. The molecule has 0 aromatic carbocycles. The van der Waals surface area contributed by atoms with Crippen LogP contribution in [0.1, 0.15) is 35.4 Å². The number of carbonyl (C=O) groups is 1. The second kappa shape index (κ2) is 5.13. The van der Waals surface area contributed by atoms with Crippen LogP contribution < -0.4 is 0 Å². The van der Waals surface area contributed by atoms with E-state index in [1.165, 1.54) is 22.9 Å². The fraction of sp³-hybridized carbons (Fsp3) is 0.375. The predicted molar refractivity (Wildman–Crippen MR) is 88.8 cm³/mol. The van der Waals surface area contributed by atoms with Gasteiger partial charge in [0.1, 0.15) is 10.7 Å². The van der Waals surface area contributed by atoms with Gasteiger partial charge in [0.15, 0.2) is 11.5 Å². The Morgan fingerprint density at radius 1 is 1.43 bits per heavy atom. The number of aryl methyl sites for hydroxylation is 2. The highest BCUT2D eigenvalue weighted by Crippen LogP contribution is 2.38. The molecule has 1 aliphatic rings. The molecule has 0 aliphatic heterocycles. The SMILES string of the molecule is Cc1nc2sc3c(c2c2nc(/C=C/C(=O)O)nn12)CCC(C)C3. The molecule has 3 aromatic heterocycles. The second-order valence-corrected chi connectivity index (χ2v) is 7.15. The topological polar surface area (TPSA) is 80.4 Å². The van der Waals surface area contributed by atoms with E-state index in [4.69, 9.17) is 5.11 Å². The summed E-state index contributed by atoms with van der Waals surface area (Å²) in [6.45, 7) is 4.18. The van der Waals surface area contributed by atoms with E-state index in [-0.39, 0.29) is 0 Å². The molecular formula is C16H16N4O2S. The number of carboxylic acids is 1. The number of fused-ring (bicyclic) bond motifs is 5. The summed E-state index contributed by atoms with van der Waals surface area (Å²) in [4.78, 5) is 22.3. The molecule has 1 atom stereocenters. The summed E-state index contributed by atoms with van der Waals surface area (Å²) >= 11 is 1.76. The van der Waals surface area contributed by atoms with Gasteiger partial charge in [-0.15, -0.1) is 16.4 Å². The summed E-state index contributed by atoms with van der Waals surface area (Å²) in [5, 5.41) is 14.2. The van der Waals surface area contributed by atoms with Crippen molar-refractivity contribution in [3.63, 3.8) is 0 Å². The molecule has 23 heavy (non-hydrogen) atoms. The third-order valence-electron chi connectivity index (χ3n) is 4.29. The zero-order valence-electron chi connectivity index (χ0n) is 12.9. The summed E-state index contributed by atoms with van der Waals surface area (Å²) in [6, 6.07) is 0. The molecule has 0 saturated carbocycles. The number of aromatic nitrogens is 4. The van der Waals surface area contributed by atoms with E-state index in [0.29, 0.717) is 11.7 Å². The standard InChI is InChI=1S/C16H16N4O2S/c1-8-3-4-10-11(7-8)23-16-14(10)15-18-12(5-6-13(21)22)19-20(15)9(2)17-16/h5-6,8H,3-4,7H2,1-2H3,(H,21,22)/b6-5+. The lowest BCUT2D eigenvalue weighted by Crippen LogP contribution is -2.08. The van der Waals surface area contributed by atoms with E-state index in [0.717, 1.165) is 40.6 Å². The molecule has 1 unspecified atom stereocenters. The molecular weight excluding hydrogens is 312 g/mol. The number of thiophene rings is 1. The fourth-order valence-corrected chi connectivity index (χ4v) is 4.59. The van der Waals surface area contributed by atoms with E-state index in [9.17, 15) is 4.79 Å². The first-order valence-electron chi connectivity index (χ1n) is 7.61. The van der Waals surface area contributed by atoms with Crippen molar-refractivity contribution < 1.29 is 9.90 Å². The third-order valence-corrected chi connectivity index (χ3v) is 5.43. The van der Waals surface area contributed by atoms with Crippen molar-refractivity contribution in [2.45, 2.75) is 33.1 Å². The van der Waals surface area contributed by atoms with Gasteiger partial charge >= 0.3 is 5.97 Å². The number of rotatable bonds is 2. The summed E-state index contributed by atoms with van der Waals surface area (Å²) in [7, 11) is 0. The Kier molecular flexibility index (Phi) is 3.19. The highest BCUT2D eigenvalue weighted by molar-refractivity contribution is 7.19. The van der Waals surface area contributed by atoms with Gasteiger partial charge in [-0.3, -0.25) is 0 Å². The molecule has 6 nitrogen and oxygen atoms in total. The van der Waals surface area contributed by atoms with E-state index >= 15 is 0 Å². The molecule has 0 bridgehead atoms. The molecule has 4 rings (SSSR count). The summed E-state index contributed by atoms with van der Waals surface area (Å²) in [6.07, 6.45) is 5.80. The average Bonchev–Trinajstić information content (AvgIpc) is 3.05. The average molecular weight is 328 g/mol. The molecule has 3 aromatic rings. The Balaban J connectivity index is 1.97. The predicted octanol–water partition coefficient (Wildman–Crippen LogP) is 2.87. The lowest BCUT2D eigenvalue weighted by Gasteiger charge is -2.17. The maximum absolute atomic E-state index is 10.7. The summed E-state index contributed by atoms with van der Waals surface area (Å²) < 4.78 is 1.72. The lowest BCUT2D eigenvalue weighted by molar-refractivity contribution is -0.131. The van der Waals surface area contributed by atoms with Gasteiger partial charge < -0.3 is 5.11 Å². The van der Waals surface area contributed by atoms with Gasteiger partial charge in [0, 0.05) is 11.0 Å². The molecule has 0 radical (unpaired) electrons. The molecule has 0 saturated heterocycles. The van der Waals surface area contributed by atoms with Crippen molar-refractivity contribution in [1.29, 1.82) is 0 Å². The van der Waals surface area contributed by atoms with Crippen LogP contribution in [0.3, 0.4) is 0 Å². The van der Waals surface area contributed by atoms with Gasteiger partial charge in [0.2, 0.25) is 0 Å². The molecule has 1 N–H and O–H groups in total. The number of hydrogen-bond acceptors (Lipinski definition) is 5. The molecule has 118 valence electrons. The minimum Gasteiger partial charge on any atom is -0.478 e. The maximum Gasteiger partial charge on any atom is 0.328 e. The molecule has 3 heterocycles. The summed E-state index contributed by atoms with van der Waals surface area (Å²) in [5.41, 5.74) is 2.13. The minimum absolute atomic E-state index is 0.397. The largest absolute Gasteiger partial charge is 0.478 e. The van der Waals surface area contributed by atoms with Gasteiger partial charge in [-0.2, -0.15) is 4.52 Å². The van der Waals surface area contributed by atoms with Gasteiger partial charge in [-0.1, -0.05) is 6.92 Å². The zero-order valence-corrected chi connectivity index (χ0v) is 13.7. The number of nitrogens with zero attached hydrogens (tertiary/aromatic N) is 4. The van der Waals surface area contributed by atoms with E-state index in [1.54, 1.807) is 15.9 Å². The van der Waals surface area contributed by atoms with Crippen LogP contribution in [0.2, 0.25) is 0 Å². The zero-order chi connectivity index (χ0) is 16.1. The van der Waals surface area contributed by atoms with E-state index in [1.807, 2.05) is 6.92 Å². The van der Waals surface area contributed by atoms with Crippen LogP contribution in [0.5, 0.6) is 0 Å². The monoisotopic (exact) mass is 328 g/mol. The van der Waals surface area contributed by atoms with Crippen molar-refractivity contribution >= 4 is 39.2 Å². The number of hydrogen-bond donors (Lipinski definition) is 1. The van der Waals surface area contributed by atoms with Crippen molar-refractivity contribution in [2.24, 2.45) is 5.92 Å². The first kappa shape index (κ1) is 14.3. The highest BCUT2D eigenvalue weighted by Gasteiger charge is 2.24. The van der Waals surface area contributed by atoms with Crippen LogP contribution in [0.25, 0.3) is 21.9 Å². The van der Waals surface area contributed by atoms with Crippen molar-refractivity contribution in [2.75, 3.05) is 0 Å². The normalized spacial score (nSPS) is 18.1. The van der Waals surface area contributed by atoms with Crippen LogP contribution in [0.15, 0.2) is 6.08 Å². The van der Waals surface area contributed by atoms with Gasteiger partial charge in [0.05, 0.1) is 5.39 Å². The minimum atomic E-state index is -1.01. The van der Waals surface area contributed by atoms with Crippen LogP contribution in [0.4, 0.5) is 0 Å². The fourth-order valence-electron chi connectivity index (χ4n) is 3.17. The Hall–Kier alpha value is -2.28. The Labute approximate surface area is 136 Å². The van der Waals surface area contributed by atoms with Crippen molar-refractivity contribution in [3.05, 3.63) is 28.2 Å². The van der Waals surface area contributed by atoms with Gasteiger partial charge in [0.25, 0.3) is 0 Å². The third kappa shape index (κ3) is 2.31. The molecule has 0 amide bonds. The Morgan fingerprint density at radius 3 is 3.04 bits per heavy atom. The number of carboxylic acid groups (broad SMARTS) is 1. The van der Waals surface area contributed by atoms with Gasteiger partial charge in [-0.05, 0) is 43.7 Å². The van der Waals surface area contributed by atoms with Crippen molar-refractivity contribution in [3.8, 4) is 0 Å². The smallest absolute Gasteiger partial charge is 0.328 e. The molecule has 7 heteroatoms. The van der Waals surface area contributed by atoms with E-state index < -0.39 is 5.97 Å². The number of aliphatic carboxylic acids is 1. The van der Waals surface area contributed by atoms with E-state index in [2.05, 4.69) is 22.0 Å². The van der Waals surface area contributed by atoms with Crippen LogP contribution in [0, 0.1) is 12.8 Å². The Morgan fingerprint density at radius 2 is 2.26 bits per heavy atom. The van der Waals surface area contributed by atoms with Crippen LogP contribution in [-0.4, -0.2) is 30.7 Å². The first-order chi connectivity index (χ1) is 11.0. The molecule has 0 fully saturated rings. The quantitative estimate of drug-likeness (QED) is 0.732. The van der Waals surface area contributed by atoms with Gasteiger partial charge in [-0.25, -0.2) is 14.8 Å². The van der Waals surface area contributed by atoms with Crippen molar-refractivity contribution in [1.82, 2.24) is 19.6 Å². The second-order valence-electron chi connectivity index (χ2n) is 6.07. The highest BCUT2D eigenvalue weighted by atomic mass is 32.1. The Bertz CT molecular complexity index is 970. The lowest BCUT2D eigenvalue weighted by atomic mass is 9.89. The first-order valence-corrected chi connectivity index (χ1v) is 8.43. The van der Waals surface area contributed by atoms with Crippen LogP contribution >= 0.6 is 11.3 Å². The molecule has 1 aliphatic carbocycles. The van der Waals surface area contributed by atoms with Crippen LogP contribution in [-0.2, 0) is 17.6 Å².